The first-order chi connectivity index (χ1) is 6.54. The molecule has 4 nitrogen and oxygen atoms in total. The number of aliphatic hydroxyl groups is 1. The molecule has 1 atom stereocenters. The average molecular weight is 219 g/mol. The molecule has 2 fully saturated rings. The highest BCUT2D eigenvalue weighted by atomic mass is 32.2. The normalized spacial score (nSPS) is 35.6. The van der Waals surface area contributed by atoms with Gasteiger partial charge in [0, 0.05) is 5.54 Å². The monoisotopic (exact) mass is 219 g/mol. The Labute approximate surface area is 84.6 Å². The van der Waals surface area contributed by atoms with Crippen LogP contribution in [0.5, 0.6) is 0 Å². The van der Waals surface area contributed by atoms with Gasteiger partial charge in [-0.1, -0.05) is 0 Å². The molecule has 2 saturated heterocycles. The lowest BCUT2D eigenvalue weighted by Gasteiger charge is -2.44. The SMILES string of the molecule is O=S1(=O)CCC2(CC1)NCCCC2O. The molecule has 14 heavy (non-hydrogen) atoms. The highest BCUT2D eigenvalue weighted by molar-refractivity contribution is 7.91. The fourth-order valence-corrected chi connectivity index (χ4v) is 3.99. The average Bonchev–Trinajstić information content (AvgIpc) is 2.15. The molecule has 2 aliphatic heterocycles. The number of hydrogen-bond donors (Lipinski definition) is 2. The summed E-state index contributed by atoms with van der Waals surface area (Å²) in [6.45, 7) is 0.900. The number of piperidine rings is 1. The number of sulfone groups is 1. The third-order valence-electron chi connectivity index (χ3n) is 3.49. The molecule has 1 spiro atoms. The lowest BCUT2D eigenvalue weighted by molar-refractivity contribution is 0.0238. The number of hydrogen-bond acceptors (Lipinski definition) is 4. The van der Waals surface area contributed by atoms with Crippen molar-refractivity contribution in [3.63, 3.8) is 0 Å². The summed E-state index contributed by atoms with van der Waals surface area (Å²) in [4.78, 5) is 0. The summed E-state index contributed by atoms with van der Waals surface area (Å²) in [7, 11) is -2.83. The largest absolute Gasteiger partial charge is 0.391 e. The summed E-state index contributed by atoms with van der Waals surface area (Å²) in [5.41, 5.74) is -0.302. The van der Waals surface area contributed by atoms with Crippen LogP contribution in [-0.2, 0) is 9.84 Å². The van der Waals surface area contributed by atoms with Crippen molar-refractivity contribution in [1.82, 2.24) is 5.32 Å². The zero-order valence-corrected chi connectivity index (χ0v) is 9.02. The van der Waals surface area contributed by atoms with Crippen LogP contribution in [0.4, 0.5) is 0 Å². The maximum Gasteiger partial charge on any atom is 0.150 e. The van der Waals surface area contributed by atoms with Gasteiger partial charge < -0.3 is 10.4 Å². The van der Waals surface area contributed by atoms with Crippen LogP contribution in [0.1, 0.15) is 25.7 Å². The summed E-state index contributed by atoms with van der Waals surface area (Å²) in [5, 5.41) is 13.2. The molecule has 1 unspecified atom stereocenters. The van der Waals surface area contributed by atoms with E-state index in [2.05, 4.69) is 5.32 Å². The van der Waals surface area contributed by atoms with Crippen molar-refractivity contribution >= 4 is 9.84 Å². The second kappa shape index (κ2) is 3.47. The fraction of sp³-hybridized carbons (Fsp3) is 1.00. The number of aliphatic hydroxyl groups excluding tert-OH is 1. The molecule has 2 heterocycles. The van der Waals surface area contributed by atoms with E-state index in [1.54, 1.807) is 0 Å². The Balaban J connectivity index is 2.10. The second-order valence-corrected chi connectivity index (χ2v) is 6.70. The quantitative estimate of drug-likeness (QED) is 0.586. The van der Waals surface area contributed by atoms with Gasteiger partial charge in [0.05, 0.1) is 17.6 Å². The third-order valence-corrected chi connectivity index (χ3v) is 5.14. The summed E-state index contributed by atoms with van der Waals surface area (Å²) in [6.07, 6.45) is 2.54. The van der Waals surface area contributed by atoms with Gasteiger partial charge in [0.1, 0.15) is 9.84 Å². The molecule has 0 aromatic rings. The minimum absolute atomic E-state index is 0.219. The van der Waals surface area contributed by atoms with Gasteiger partial charge in [-0.05, 0) is 32.2 Å². The lowest BCUT2D eigenvalue weighted by atomic mass is 9.81. The molecule has 5 heteroatoms. The van der Waals surface area contributed by atoms with Gasteiger partial charge >= 0.3 is 0 Å². The van der Waals surface area contributed by atoms with Crippen molar-refractivity contribution in [2.75, 3.05) is 18.1 Å². The van der Waals surface area contributed by atoms with Crippen LogP contribution in [0.3, 0.4) is 0 Å². The highest BCUT2D eigenvalue weighted by Crippen LogP contribution is 2.31. The van der Waals surface area contributed by atoms with Crippen molar-refractivity contribution in [3.8, 4) is 0 Å². The molecule has 82 valence electrons. The number of rotatable bonds is 0. The molecule has 0 amide bonds. The van der Waals surface area contributed by atoms with Crippen LogP contribution in [0, 0.1) is 0 Å². The minimum atomic E-state index is -2.83. The molecule has 2 aliphatic rings. The molecular weight excluding hydrogens is 202 g/mol. The van der Waals surface area contributed by atoms with Crippen LogP contribution in [0.2, 0.25) is 0 Å². The van der Waals surface area contributed by atoms with E-state index in [1.807, 2.05) is 0 Å². The lowest BCUT2D eigenvalue weighted by Crippen LogP contribution is -2.61. The third kappa shape index (κ3) is 1.81. The Bertz CT molecular complexity index is 298. The highest BCUT2D eigenvalue weighted by Gasteiger charge is 2.43. The molecule has 0 aromatic heterocycles. The maximum absolute atomic E-state index is 11.3. The zero-order valence-electron chi connectivity index (χ0n) is 8.20. The summed E-state index contributed by atoms with van der Waals surface area (Å²) < 4.78 is 22.5. The van der Waals surface area contributed by atoms with E-state index < -0.39 is 9.84 Å². The van der Waals surface area contributed by atoms with Crippen molar-refractivity contribution in [2.24, 2.45) is 0 Å². The standard InChI is InChI=1S/C9H17NO3S/c11-8-2-1-5-10-9(8)3-6-14(12,13)7-4-9/h8,10-11H,1-7H2. The van der Waals surface area contributed by atoms with Gasteiger partial charge in [0.15, 0.2) is 0 Å². The molecule has 2 rings (SSSR count). The van der Waals surface area contributed by atoms with Crippen LogP contribution in [0.25, 0.3) is 0 Å². The van der Waals surface area contributed by atoms with E-state index in [0.29, 0.717) is 12.8 Å². The zero-order chi connectivity index (χ0) is 10.2. The predicted octanol–water partition coefficient (Wildman–Crippen LogP) is -0.322. The molecule has 0 aliphatic carbocycles. The topological polar surface area (TPSA) is 66.4 Å². The summed E-state index contributed by atoms with van der Waals surface area (Å²) in [6, 6.07) is 0. The number of nitrogens with one attached hydrogen (secondary N) is 1. The Hall–Kier alpha value is -0.130. The predicted molar refractivity (Wildman–Crippen MR) is 53.9 cm³/mol. The molecule has 0 bridgehead atoms. The van der Waals surface area contributed by atoms with E-state index in [0.717, 1.165) is 19.4 Å². The summed E-state index contributed by atoms with van der Waals surface area (Å²) >= 11 is 0. The second-order valence-electron chi connectivity index (χ2n) is 4.39. The molecule has 2 N–H and O–H groups in total. The Morgan fingerprint density at radius 3 is 2.50 bits per heavy atom. The van der Waals surface area contributed by atoms with E-state index in [-0.39, 0.29) is 23.1 Å². The summed E-state index contributed by atoms with van der Waals surface area (Å²) in [5.74, 6) is 0.439. The molecule has 0 aromatic carbocycles. The van der Waals surface area contributed by atoms with Crippen LogP contribution < -0.4 is 5.32 Å². The molecule has 0 radical (unpaired) electrons. The van der Waals surface area contributed by atoms with Crippen molar-refractivity contribution < 1.29 is 13.5 Å². The van der Waals surface area contributed by atoms with Crippen molar-refractivity contribution in [2.45, 2.75) is 37.3 Å². The van der Waals surface area contributed by atoms with Crippen LogP contribution >= 0.6 is 0 Å². The van der Waals surface area contributed by atoms with E-state index in [9.17, 15) is 13.5 Å². The van der Waals surface area contributed by atoms with Gasteiger partial charge in [0.25, 0.3) is 0 Å². The van der Waals surface area contributed by atoms with Gasteiger partial charge in [-0.2, -0.15) is 0 Å². The van der Waals surface area contributed by atoms with Gasteiger partial charge in [0.2, 0.25) is 0 Å². The Kier molecular flexibility index (Phi) is 2.57. The van der Waals surface area contributed by atoms with Gasteiger partial charge in [-0.25, -0.2) is 8.42 Å². The minimum Gasteiger partial charge on any atom is -0.391 e. The maximum atomic E-state index is 11.3. The first-order valence-electron chi connectivity index (χ1n) is 5.18. The van der Waals surface area contributed by atoms with E-state index >= 15 is 0 Å². The van der Waals surface area contributed by atoms with Crippen molar-refractivity contribution in [3.05, 3.63) is 0 Å². The van der Waals surface area contributed by atoms with Crippen LogP contribution in [0.15, 0.2) is 0 Å². The Morgan fingerprint density at radius 2 is 1.93 bits per heavy atom. The Morgan fingerprint density at radius 1 is 1.29 bits per heavy atom. The smallest absolute Gasteiger partial charge is 0.150 e. The fourth-order valence-electron chi connectivity index (χ4n) is 2.44. The first-order valence-corrected chi connectivity index (χ1v) is 7.00. The van der Waals surface area contributed by atoms with Crippen molar-refractivity contribution in [1.29, 1.82) is 0 Å². The molecule has 0 saturated carbocycles. The van der Waals surface area contributed by atoms with Gasteiger partial charge in [-0.3, -0.25) is 0 Å². The first kappa shape index (κ1) is 10.4. The molecular formula is C9H17NO3S. The van der Waals surface area contributed by atoms with Crippen LogP contribution in [-0.4, -0.2) is 43.2 Å². The van der Waals surface area contributed by atoms with E-state index in [4.69, 9.17) is 0 Å². The van der Waals surface area contributed by atoms with E-state index in [1.165, 1.54) is 0 Å². The van der Waals surface area contributed by atoms with Gasteiger partial charge in [-0.15, -0.1) is 0 Å².